The highest BCUT2D eigenvalue weighted by molar-refractivity contribution is 7.90. The Kier molecular flexibility index (Phi) is 6.25. The summed E-state index contributed by atoms with van der Waals surface area (Å²) in [6, 6.07) is 12.1. The van der Waals surface area contributed by atoms with Gasteiger partial charge in [0, 0.05) is 35.3 Å². The van der Waals surface area contributed by atoms with Crippen LogP contribution in [0.2, 0.25) is 5.02 Å². The summed E-state index contributed by atoms with van der Waals surface area (Å²) in [5.74, 6) is 0.811. The van der Waals surface area contributed by atoms with Crippen molar-refractivity contribution < 1.29 is 13.2 Å². The number of benzene rings is 2. The predicted octanol–water partition coefficient (Wildman–Crippen LogP) is 5.96. The maximum absolute atomic E-state index is 13.6. The second-order valence-corrected chi connectivity index (χ2v) is 11.3. The fraction of sp³-hybridized carbons (Fsp3) is 0.385. The summed E-state index contributed by atoms with van der Waals surface area (Å²) in [5.41, 5.74) is 2.80. The molecule has 1 aliphatic heterocycles. The molecule has 0 radical (unpaired) electrons. The van der Waals surface area contributed by atoms with E-state index in [9.17, 15) is 8.42 Å². The van der Waals surface area contributed by atoms with E-state index >= 15 is 0 Å². The molecule has 0 unspecified atom stereocenters. The van der Waals surface area contributed by atoms with Crippen LogP contribution in [0, 0.1) is 0 Å². The van der Waals surface area contributed by atoms with Crippen LogP contribution < -0.4 is 4.74 Å². The molecule has 5 nitrogen and oxygen atoms in total. The van der Waals surface area contributed by atoms with Crippen molar-refractivity contribution in [2.24, 2.45) is 0 Å². The van der Waals surface area contributed by atoms with Crippen LogP contribution in [0.25, 0.3) is 16.5 Å². The first-order valence-electron chi connectivity index (χ1n) is 11.6. The topological polar surface area (TPSA) is 51.5 Å². The Bertz CT molecular complexity index is 1290. The minimum absolute atomic E-state index is 0.218. The van der Waals surface area contributed by atoms with Crippen molar-refractivity contribution in [2.75, 3.05) is 20.1 Å². The first-order chi connectivity index (χ1) is 15.9. The molecule has 0 atom stereocenters. The molecule has 174 valence electrons. The molecule has 2 heterocycles. The minimum atomic E-state index is -3.77. The number of likely N-dealkylation sites (N-methyl/N-ethyl adjacent to an activating group) is 1. The SMILES string of the molecule is CN1CC=C(c2cn(S(=O)(=O)c3ccc(Cl)cc3)c3ccc(OC4CCCCC4)cc23)CC1. The van der Waals surface area contributed by atoms with E-state index in [4.69, 9.17) is 16.3 Å². The highest BCUT2D eigenvalue weighted by Gasteiger charge is 2.24. The first kappa shape index (κ1) is 22.5. The third-order valence-electron chi connectivity index (χ3n) is 6.73. The number of hydrogen-bond donors (Lipinski definition) is 0. The smallest absolute Gasteiger partial charge is 0.268 e. The summed E-state index contributed by atoms with van der Waals surface area (Å²) in [6.07, 6.45) is 10.9. The zero-order valence-corrected chi connectivity index (χ0v) is 20.4. The van der Waals surface area contributed by atoms with Crippen LogP contribution in [0.15, 0.2) is 59.6 Å². The molecule has 7 heteroatoms. The monoisotopic (exact) mass is 484 g/mol. The molecule has 1 fully saturated rings. The Morgan fingerprint density at radius 1 is 1.03 bits per heavy atom. The van der Waals surface area contributed by atoms with Gasteiger partial charge in [0.15, 0.2) is 0 Å². The molecule has 0 bridgehead atoms. The number of nitrogens with zero attached hydrogens (tertiary/aromatic N) is 2. The van der Waals surface area contributed by atoms with E-state index in [1.165, 1.54) is 28.8 Å². The molecule has 1 saturated carbocycles. The fourth-order valence-electron chi connectivity index (χ4n) is 4.82. The standard InChI is InChI=1S/C26H29ClN2O3S/c1-28-15-13-19(14-16-28)25-18-29(33(30,31)23-10-7-20(27)8-11-23)26-12-9-22(17-24(25)26)32-21-5-3-2-4-6-21/h7-13,17-18,21H,2-6,14-16H2,1H3. The second kappa shape index (κ2) is 9.16. The van der Waals surface area contributed by atoms with Crippen molar-refractivity contribution in [3.05, 3.63) is 65.3 Å². The maximum atomic E-state index is 13.6. The Balaban J connectivity index is 1.61. The van der Waals surface area contributed by atoms with E-state index in [1.807, 2.05) is 18.2 Å². The predicted molar refractivity (Wildman–Crippen MR) is 134 cm³/mol. The lowest BCUT2D eigenvalue weighted by molar-refractivity contribution is 0.155. The van der Waals surface area contributed by atoms with E-state index < -0.39 is 10.0 Å². The van der Waals surface area contributed by atoms with E-state index in [2.05, 4.69) is 18.0 Å². The third-order valence-corrected chi connectivity index (χ3v) is 8.67. The number of hydrogen-bond acceptors (Lipinski definition) is 4. The van der Waals surface area contributed by atoms with Gasteiger partial charge >= 0.3 is 0 Å². The van der Waals surface area contributed by atoms with E-state index in [0.717, 1.165) is 49.1 Å². The summed E-state index contributed by atoms with van der Waals surface area (Å²) in [5, 5.41) is 1.42. The van der Waals surface area contributed by atoms with Crippen LogP contribution in [0.1, 0.15) is 44.1 Å². The lowest BCUT2D eigenvalue weighted by Crippen LogP contribution is -2.23. The molecule has 0 N–H and O–H groups in total. The van der Waals surface area contributed by atoms with Gasteiger partial charge < -0.3 is 9.64 Å². The van der Waals surface area contributed by atoms with Gasteiger partial charge in [-0.25, -0.2) is 12.4 Å². The summed E-state index contributed by atoms with van der Waals surface area (Å²) in [6.45, 7) is 1.80. The molecule has 33 heavy (non-hydrogen) atoms. The van der Waals surface area contributed by atoms with Crippen molar-refractivity contribution in [3.63, 3.8) is 0 Å². The fourth-order valence-corrected chi connectivity index (χ4v) is 6.31. The van der Waals surface area contributed by atoms with Gasteiger partial charge in [-0.15, -0.1) is 0 Å². The van der Waals surface area contributed by atoms with Crippen molar-refractivity contribution in [1.82, 2.24) is 8.87 Å². The molecule has 0 amide bonds. The van der Waals surface area contributed by atoms with Gasteiger partial charge in [0.25, 0.3) is 10.0 Å². The molecule has 2 aromatic carbocycles. The van der Waals surface area contributed by atoms with Gasteiger partial charge in [0.05, 0.1) is 16.5 Å². The molecule has 3 aromatic rings. The average Bonchev–Trinajstić information content (AvgIpc) is 3.20. The van der Waals surface area contributed by atoms with Gasteiger partial charge in [-0.05, 0) is 87.2 Å². The Morgan fingerprint density at radius 2 is 1.79 bits per heavy atom. The van der Waals surface area contributed by atoms with E-state index in [0.29, 0.717) is 10.5 Å². The van der Waals surface area contributed by atoms with Gasteiger partial charge in [-0.1, -0.05) is 24.1 Å². The highest BCUT2D eigenvalue weighted by Crippen LogP contribution is 2.36. The molecular formula is C26H29ClN2O3S. The highest BCUT2D eigenvalue weighted by atomic mass is 35.5. The van der Waals surface area contributed by atoms with Crippen molar-refractivity contribution in [2.45, 2.75) is 49.5 Å². The molecule has 2 aliphatic rings. The lowest BCUT2D eigenvalue weighted by Gasteiger charge is -2.23. The quantitative estimate of drug-likeness (QED) is 0.448. The zero-order valence-electron chi connectivity index (χ0n) is 18.8. The first-order valence-corrected chi connectivity index (χ1v) is 13.4. The molecule has 0 saturated heterocycles. The Hall–Kier alpha value is -2.28. The summed E-state index contributed by atoms with van der Waals surface area (Å²) in [4.78, 5) is 2.47. The van der Waals surface area contributed by atoms with Gasteiger partial charge in [-0.3, -0.25) is 0 Å². The summed E-state index contributed by atoms with van der Waals surface area (Å²) >= 11 is 5.99. The van der Waals surface area contributed by atoms with Gasteiger partial charge in [0.1, 0.15) is 5.75 Å². The van der Waals surface area contributed by atoms with Crippen LogP contribution in [0.4, 0.5) is 0 Å². The molecule has 5 rings (SSSR count). The van der Waals surface area contributed by atoms with Gasteiger partial charge in [0.2, 0.25) is 0 Å². The van der Waals surface area contributed by atoms with Crippen LogP contribution in [0.5, 0.6) is 5.75 Å². The third kappa shape index (κ3) is 4.57. The summed E-state index contributed by atoms with van der Waals surface area (Å²) < 4.78 is 34.9. The molecule has 1 aliphatic carbocycles. The van der Waals surface area contributed by atoms with Crippen LogP contribution in [0.3, 0.4) is 0 Å². The van der Waals surface area contributed by atoms with E-state index in [-0.39, 0.29) is 11.0 Å². The van der Waals surface area contributed by atoms with E-state index in [1.54, 1.807) is 30.5 Å². The van der Waals surface area contributed by atoms with Gasteiger partial charge in [-0.2, -0.15) is 0 Å². The number of rotatable bonds is 5. The number of aromatic nitrogens is 1. The van der Waals surface area contributed by atoms with Crippen molar-refractivity contribution >= 4 is 38.1 Å². The normalized spacial score (nSPS) is 18.4. The lowest BCUT2D eigenvalue weighted by atomic mass is 9.97. The zero-order chi connectivity index (χ0) is 23.0. The van der Waals surface area contributed by atoms with Crippen LogP contribution >= 0.6 is 11.6 Å². The molecular weight excluding hydrogens is 456 g/mol. The maximum Gasteiger partial charge on any atom is 0.268 e. The average molecular weight is 485 g/mol. The Morgan fingerprint density at radius 3 is 2.48 bits per heavy atom. The number of fused-ring (bicyclic) bond motifs is 1. The van der Waals surface area contributed by atoms with Crippen molar-refractivity contribution in [1.29, 1.82) is 0 Å². The van der Waals surface area contributed by atoms with Crippen LogP contribution in [-0.2, 0) is 10.0 Å². The molecule has 1 aromatic heterocycles. The summed E-state index contributed by atoms with van der Waals surface area (Å²) in [7, 11) is -1.68. The van der Waals surface area contributed by atoms with Crippen molar-refractivity contribution in [3.8, 4) is 5.75 Å². The largest absolute Gasteiger partial charge is 0.490 e. The van der Waals surface area contributed by atoms with Crippen LogP contribution in [-0.4, -0.2) is 43.5 Å². The second-order valence-electron chi connectivity index (χ2n) is 9.10. The number of halogens is 1. The number of ether oxygens (including phenoxy) is 1. The molecule has 0 spiro atoms. The Labute approximate surface area is 200 Å². The minimum Gasteiger partial charge on any atom is -0.490 e.